The zero-order valence-electron chi connectivity index (χ0n) is 16.4. The van der Waals surface area contributed by atoms with Crippen LogP contribution in [0.4, 0.5) is 4.39 Å². The summed E-state index contributed by atoms with van der Waals surface area (Å²) in [5, 5.41) is 0. The Hall–Kier alpha value is -2.40. The molecule has 0 bridgehead atoms. The van der Waals surface area contributed by atoms with Crippen LogP contribution in [-0.2, 0) is 11.2 Å². The molecule has 146 valence electrons. The first-order valence-electron chi connectivity index (χ1n) is 10.0. The number of rotatable bonds is 2. The monoisotopic (exact) mass is 379 g/mol. The van der Waals surface area contributed by atoms with E-state index in [0.29, 0.717) is 6.04 Å². The summed E-state index contributed by atoms with van der Waals surface area (Å²) in [4.78, 5) is 9.36. The van der Waals surface area contributed by atoms with Crippen molar-refractivity contribution < 1.29 is 9.13 Å². The Morgan fingerprint density at radius 2 is 1.86 bits per heavy atom. The molecule has 1 aliphatic carbocycles. The third-order valence-electron chi connectivity index (χ3n) is 6.47. The lowest BCUT2D eigenvalue weighted by atomic mass is 9.75. The van der Waals surface area contributed by atoms with Gasteiger partial charge in [0.05, 0.1) is 12.6 Å². The van der Waals surface area contributed by atoms with Crippen LogP contribution in [0.25, 0.3) is 0 Å². The minimum atomic E-state index is -0.211. The van der Waals surface area contributed by atoms with Gasteiger partial charge in [-0.05, 0) is 49.3 Å². The highest BCUT2D eigenvalue weighted by molar-refractivity contribution is 5.78. The summed E-state index contributed by atoms with van der Waals surface area (Å²) in [5.74, 6) is -0.211. The summed E-state index contributed by atoms with van der Waals surface area (Å²) in [7, 11) is 4.25. The number of amidine groups is 1. The molecule has 1 saturated carbocycles. The van der Waals surface area contributed by atoms with Crippen molar-refractivity contribution in [3.8, 4) is 0 Å². The lowest BCUT2D eigenvalue weighted by Crippen LogP contribution is -2.56. The molecule has 0 unspecified atom stereocenters. The van der Waals surface area contributed by atoms with Gasteiger partial charge < -0.3 is 14.5 Å². The molecule has 0 aromatic heterocycles. The summed E-state index contributed by atoms with van der Waals surface area (Å²) in [6.07, 6.45) is 3.01. The Balaban J connectivity index is 1.45. The second kappa shape index (κ2) is 6.59. The second-order valence-corrected chi connectivity index (χ2v) is 8.51. The molecule has 0 radical (unpaired) electrons. The van der Waals surface area contributed by atoms with Gasteiger partial charge in [0.1, 0.15) is 11.4 Å². The first-order valence-corrected chi connectivity index (χ1v) is 10.0. The van der Waals surface area contributed by atoms with Gasteiger partial charge in [0, 0.05) is 25.4 Å². The number of hydrogen-bond donors (Lipinski definition) is 0. The first kappa shape index (κ1) is 17.7. The van der Waals surface area contributed by atoms with E-state index in [-0.39, 0.29) is 17.5 Å². The van der Waals surface area contributed by atoms with Crippen LogP contribution >= 0.6 is 0 Å². The van der Waals surface area contributed by atoms with Crippen LogP contribution in [0.15, 0.2) is 53.5 Å². The fraction of sp³-hybridized carbons (Fsp3) is 0.435. The van der Waals surface area contributed by atoms with E-state index in [9.17, 15) is 4.39 Å². The van der Waals surface area contributed by atoms with E-state index in [2.05, 4.69) is 48.2 Å². The molecule has 4 nitrogen and oxygen atoms in total. The van der Waals surface area contributed by atoms with E-state index in [4.69, 9.17) is 9.73 Å². The lowest BCUT2D eigenvalue weighted by molar-refractivity contribution is -0.0571. The maximum absolute atomic E-state index is 13.5. The van der Waals surface area contributed by atoms with Crippen LogP contribution in [0.1, 0.15) is 35.6 Å². The third kappa shape index (κ3) is 2.89. The minimum absolute atomic E-state index is 0.00386. The average Bonchev–Trinajstić information content (AvgIpc) is 3.12. The van der Waals surface area contributed by atoms with Crippen LogP contribution in [0.2, 0.25) is 0 Å². The fourth-order valence-electron chi connectivity index (χ4n) is 4.77. The highest BCUT2D eigenvalue weighted by atomic mass is 19.1. The number of benzene rings is 2. The van der Waals surface area contributed by atoms with Crippen LogP contribution < -0.4 is 0 Å². The van der Waals surface area contributed by atoms with Crippen molar-refractivity contribution in [3.05, 3.63) is 71.0 Å². The summed E-state index contributed by atoms with van der Waals surface area (Å²) >= 11 is 0. The highest BCUT2D eigenvalue weighted by Gasteiger charge is 2.52. The zero-order chi connectivity index (χ0) is 19.3. The van der Waals surface area contributed by atoms with Gasteiger partial charge in [0.25, 0.3) is 6.02 Å². The zero-order valence-corrected chi connectivity index (χ0v) is 16.4. The SMILES string of the molecule is CN(C)[C@H]1C[C@@]2(CN=C(N3CCc4ccccc4[C@@H]3c3ccc(F)cc3)O2)C1. The van der Waals surface area contributed by atoms with Crippen LogP contribution in [-0.4, -0.2) is 54.6 Å². The van der Waals surface area contributed by atoms with Crippen molar-refractivity contribution in [2.45, 2.75) is 36.9 Å². The maximum atomic E-state index is 13.5. The van der Waals surface area contributed by atoms with Gasteiger partial charge in [-0.25, -0.2) is 9.38 Å². The van der Waals surface area contributed by atoms with Gasteiger partial charge in [-0.2, -0.15) is 0 Å². The van der Waals surface area contributed by atoms with Crippen molar-refractivity contribution in [1.82, 2.24) is 9.80 Å². The molecule has 0 amide bonds. The van der Waals surface area contributed by atoms with Crippen molar-refractivity contribution in [1.29, 1.82) is 0 Å². The van der Waals surface area contributed by atoms with Crippen molar-refractivity contribution in [3.63, 3.8) is 0 Å². The van der Waals surface area contributed by atoms with E-state index >= 15 is 0 Å². The Kier molecular flexibility index (Phi) is 4.16. The van der Waals surface area contributed by atoms with Gasteiger partial charge in [0.15, 0.2) is 0 Å². The van der Waals surface area contributed by atoms with Crippen LogP contribution in [0.5, 0.6) is 0 Å². The number of ether oxygens (including phenoxy) is 1. The molecule has 2 heterocycles. The standard InChI is InChI=1S/C23H26FN3O/c1-26(2)19-13-23(14-19)15-25-22(28-23)27-12-11-16-5-3-4-6-20(16)21(27)17-7-9-18(24)10-8-17/h3-10,19,21H,11-15H2,1-2H3/t19-,21-,23-/m0/s1. The lowest BCUT2D eigenvalue weighted by Gasteiger charge is -2.47. The Morgan fingerprint density at radius 3 is 2.61 bits per heavy atom. The van der Waals surface area contributed by atoms with Crippen molar-refractivity contribution in [2.24, 2.45) is 4.99 Å². The second-order valence-electron chi connectivity index (χ2n) is 8.51. The van der Waals surface area contributed by atoms with Gasteiger partial charge >= 0.3 is 0 Å². The number of aliphatic imine (C=N–C) groups is 1. The fourth-order valence-corrected chi connectivity index (χ4v) is 4.77. The van der Waals surface area contributed by atoms with Crippen molar-refractivity contribution >= 4 is 6.02 Å². The molecule has 28 heavy (non-hydrogen) atoms. The molecule has 2 aromatic carbocycles. The normalized spacial score (nSPS) is 28.7. The predicted molar refractivity (Wildman–Crippen MR) is 108 cm³/mol. The maximum Gasteiger partial charge on any atom is 0.288 e. The molecule has 5 heteroatoms. The minimum Gasteiger partial charge on any atom is -0.456 e. The Labute approximate surface area is 165 Å². The summed E-state index contributed by atoms with van der Waals surface area (Å²) in [6, 6.07) is 16.7. The average molecular weight is 379 g/mol. The predicted octanol–water partition coefficient (Wildman–Crippen LogP) is 3.62. The van der Waals surface area contributed by atoms with E-state index in [1.807, 2.05) is 12.1 Å². The van der Waals surface area contributed by atoms with Gasteiger partial charge in [0.2, 0.25) is 0 Å². The smallest absolute Gasteiger partial charge is 0.288 e. The highest BCUT2D eigenvalue weighted by Crippen LogP contribution is 2.44. The largest absolute Gasteiger partial charge is 0.456 e. The molecule has 2 aromatic rings. The van der Waals surface area contributed by atoms with Gasteiger partial charge in [-0.15, -0.1) is 0 Å². The van der Waals surface area contributed by atoms with E-state index in [1.54, 1.807) is 0 Å². The molecule has 1 fully saturated rings. The molecule has 1 spiro atoms. The first-order chi connectivity index (χ1) is 13.5. The summed E-state index contributed by atoms with van der Waals surface area (Å²) < 4.78 is 20.0. The number of hydrogen-bond acceptors (Lipinski definition) is 4. The molecular weight excluding hydrogens is 353 g/mol. The van der Waals surface area contributed by atoms with Crippen molar-refractivity contribution in [2.75, 3.05) is 27.2 Å². The van der Waals surface area contributed by atoms with Crippen LogP contribution in [0.3, 0.4) is 0 Å². The number of halogens is 1. The summed E-state index contributed by atoms with van der Waals surface area (Å²) in [6.45, 7) is 1.59. The number of nitrogens with zero attached hydrogens (tertiary/aromatic N) is 3. The molecule has 5 rings (SSSR count). The molecule has 1 atom stereocenters. The summed E-state index contributed by atoms with van der Waals surface area (Å²) in [5.41, 5.74) is 3.54. The Bertz CT molecular complexity index is 902. The molecule has 3 aliphatic rings. The quantitative estimate of drug-likeness (QED) is 0.798. The van der Waals surface area contributed by atoms with E-state index in [0.717, 1.165) is 43.9 Å². The molecule has 2 aliphatic heterocycles. The topological polar surface area (TPSA) is 28.1 Å². The number of fused-ring (bicyclic) bond motifs is 1. The molecular formula is C23H26FN3O. The van der Waals surface area contributed by atoms with Gasteiger partial charge in [-0.1, -0.05) is 36.4 Å². The molecule has 0 N–H and O–H groups in total. The molecule has 0 saturated heterocycles. The van der Waals surface area contributed by atoms with E-state index in [1.165, 1.54) is 23.3 Å². The van der Waals surface area contributed by atoms with Gasteiger partial charge in [-0.3, -0.25) is 0 Å². The third-order valence-corrected chi connectivity index (χ3v) is 6.47. The Morgan fingerprint density at radius 1 is 1.11 bits per heavy atom. The van der Waals surface area contributed by atoms with Crippen LogP contribution in [0, 0.1) is 5.82 Å². The van der Waals surface area contributed by atoms with E-state index < -0.39 is 0 Å².